The number of rotatable bonds is 3. The molecule has 3 aromatic rings. The fourth-order valence-electron chi connectivity index (χ4n) is 3.15. The highest BCUT2D eigenvalue weighted by Gasteiger charge is 2.19. The van der Waals surface area contributed by atoms with Crippen LogP contribution in [0.2, 0.25) is 5.02 Å². The van der Waals surface area contributed by atoms with Crippen molar-refractivity contribution >= 4 is 23.2 Å². The molecule has 2 heterocycles. The van der Waals surface area contributed by atoms with Crippen molar-refractivity contribution in [2.45, 2.75) is 20.3 Å². The van der Waals surface area contributed by atoms with Crippen LogP contribution in [0, 0.1) is 13.8 Å². The van der Waals surface area contributed by atoms with Gasteiger partial charge in [-0.05, 0) is 25.5 Å². The van der Waals surface area contributed by atoms with Crippen molar-refractivity contribution in [1.29, 1.82) is 0 Å². The third-order valence-electron chi connectivity index (χ3n) is 4.68. The zero-order valence-corrected chi connectivity index (χ0v) is 16.4. The number of amides is 1. The van der Waals surface area contributed by atoms with Crippen molar-refractivity contribution in [3.8, 4) is 17.2 Å². The van der Waals surface area contributed by atoms with E-state index in [2.05, 4.69) is 10.4 Å². The Morgan fingerprint density at radius 1 is 1.14 bits per heavy atom. The van der Waals surface area contributed by atoms with Gasteiger partial charge in [0.1, 0.15) is 0 Å². The molecule has 0 unspecified atom stereocenters. The lowest BCUT2D eigenvalue weighted by atomic mass is 10.2. The number of benzene rings is 2. The number of fused-ring (bicyclic) bond motifs is 1. The quantitative estimate of drug-likeness (QED) is 0.703. The largest absolute Gasteiger partial charge is 0.490 e. The maximum Gasteiger partial charge on any atom is 0.259 e. The van der Waals surface area contributed by atoms with Crippen LogP contribution in [0.25, 0.3) is 5.69 Å². The summed E-state index contributed by atoms with van der Waals surface area (Å²) in [6.07, 6.45) is 2.36. The molecule has 0 atom stereocenters. The van der Waals surface area contributed by atoms with Crippen molar-refractivity contribution in [1.82, 2.24) is 9.78 Å². The van der Waals surface area contributed by atoms with Crippen molar-refractivity contribution in [3.63, 3.8) is 0 Å². The number of hydrogen-bond acceptors (Lipinski definition) is 4. The molecule has 0 spiro atoms. The molecule has 1 aliphatic heterocycles. The highest BCUT2D eigenvalue weighted by molar-refractivity contribution is 6.34. The lowest BCUT2D eigenvalue weighted by Gasteiger charge is -2.12. The summed E-state index contributed by atoms with van der Waals surface area (Å²) >= 11 is 6.34. The Labute approximate surface area is 168 Å². The molecular formula is C21H20ClN3O3. The van der Waals surface area contributed by atoms with E-state index in [1.165, 1.54) is 0 Å². The van der Waals surface area contributed by atoms with Crippen LogP contribution < -0.4 is 14.8 Å². The van der Waals surface area contributed by atoms with Gasteiger partial charge < -0.3 is 14.8 Å². The molecule has 0 saturated heterocycles. The highest BCUT2D eigenvalue weighted by Crippen LogP contribution is 2.38. The number of para-hydroxylation sites is 1. The van der Waals surface area contributed by atoms with Gasteiger partial charge in [-0.25, -0.2) is 4.68 Å². The standard InChI is InChI=1S/C21H20ClN3O3/c1-13-6-3-4-7-18(13)25-14(2)15(12-23-25)21(26)24-17-11-20-19(10-16(17)22)27-8-5-9-28-20/h3-4,6-7,10-12H,5,8-9H2,1-2H3,(H,24,26). The summed E-state index contributed by atoms with van der Waals surface area (Å²) in [6, 6.07) is 11.3. The Bertz CT molecular complexity index is 1050. The minimum atomic E-state index is -0.284. The van der Waals surface area contributed by atoms with Gasteiger partial charge in [-0.15, -0.1) is 0 Å². The predicted molar refractivity (Wildman–Crippen MR) is 108 cm³/mol. The third kappa shape index (κ3) is 3.43. The van der Waals surface area contributed by atoms with Gasteiger partial charge in [-0.2, -0.15) is 5.10 Å². The van der Waals surface area contributed by atoms with Crippen LogP contribution in [-0.4, -0.2) is 28.9 Å². The van der Waals surface area contributed by atoms with E-state index in [1.54, 1.807) is 23.0 Å². The summed E-state index contributed by atoms with van der Waals surface area (Å²) < 4.78 is 13.1. The average molecular weight is 398 g/mol. The highest BCUT2D eigenvalue weighted by atomic mass is 35.5. The van der Waals surface area contributed by atoms with Gasteiger partial charge in [0.2, 0.25) is 0 Å². The van der Waals surface area contributed by atoms with E-state index in [9.17, 15) is 4.79 Å². The molecule has 4 rings (SSSR count). The number of carbonyl (C=O) groups is 1. The Morgan fingerprint density at radius 3 is 2.61 bits per heavy atom. The smallest absolute Gasteiger partial charge is 0.259 e. The van der Waals surface area contributed by atoms with E-state index >= 15 is 0 Å². The summed E-state index contributed by atoms with van der Waals surface area (Å²) in [5, 5.41) is 7.64. The number of ether oxygens (including phenoxy) is 2. The number of halogens is 1. The van der Waals surface area contributed by atoms with E-state index < -0.39 is 0 Å². The van der Waals surface area contributed by atoms with E-state index in [4.69, 9.17) is 21.1 Å². The van der Waals surface area contributed by atoms with Crippen LogP contribution in [-0.2, 0) is 0 Å². The molecule has 0 bridgehead atoms. The number of aryl methyl sites for hydroxylation is 1. The Hall–Kier alpha value is -2.99. The van der Waals surface area contributed by atoms with Gasteiger partial charge in [0.15, 0.2) is 11.5 Å². The molecule has 1 aromatic heterocycles. The molecule has 144 valence electrons. The molecule has 0 radical (unpaired) electrons. The molecule has 7 heteroatoms. The lowest BCUT2D eigenvalue weighted by molar-refractivity contribution is 0.102. The van der Waals surface area contributed by atoms with E-state index in [0.717, 1.165) is 23.4 Å². The number of anilines is 1. The normalized spacial score (nSPS) is 13.1. The van der Waals surface area contributed by atoms with Crippen molar-refractivity contribution in [3.05, 3.63) is 64.4 Å². The summed E-state index contributed by atoms with van der Waals surface area (Å²) in [5.41, 5.74) is 3.71. The van der Waals surface area contributed by atoms with Crippen LogP contribution in [0.4, 0.5) is 5.69 Å². The molecule has 2 aromatic carbocycles. The van der Waals surface area contributed by atoms with Gasteiger partial charge in [-0.3, -0.25) is 4.79 Å². The monoisotopic (exact) mass is 397 g/mol. The van der Waals surface area contributed by atoms with Crippen LogP contribution >= 0.6 is 11.6 Å². The second-order valence-corrected chi connectivity index (χ2v) is 7.03. The fourth-order valence-corrected chi connectivity index (χ4v) is 3.35. The molecule has 1 aliphatic rings. The average Bonchev–Trinajstić information content (AvgIpc) is 2.91. The number of nitrogens with zero attached hydrogens (tertiary/aromatic N) is 2. The maximum absolute atomic E-state index is 12.9. The van der Waals surface area contributed by atoms with E-state index in [-0.39, 0.29) is 5.91 Å². The van der Waals surface area contributed by atoms with Crippen molar-refractivity contribution < 1.29 is 14.3 Å². The first-order chi connectivity index (χ1) is 13.5. The summed E-state index contributed by atoms with van der Waals surface area (Å²) in [4.78, 5) is 12.9. The zero-order valence-electron chi connectivity index (χ0n) is 15.7. The number of nitrogens with one attached hydrogen (secondary N) is 1. The minimum absolute atomic E-state index is 0.284. The van der Waals surface area contributed by atoms with Gasteiger partial charge in [0.05, 0.1) is 47.1 Å². The first-order valence-electron chi connectivity index (χ1n) is 9.05. The summed E-state index contributed by atoms with van der Waals surface area (Å²) in [5.74, 6) is 0.877. The number of hydrogen-bond donors (Lipinski definition) is 1. The maximum atomic E-state index is 12.9. The van der Waals surface area contributed by atoms with E-state index in [1.807, 2.05) is 38.1 Å². The Balaban J connectivity index is 1.62. The molecule has 0 aliphatic carbocycles. The van der Waals surface area contributed by atoms with Gasteiger partial charge in [-0.1, -0.05) is 29.8 Å². The third-order valence-corrected chi connectivity index (χ3v) is 5.00. The van der Waals surface area contributed by atoms with E-state index in [0.29, 0.717) is 41.0 Å². The van der Waals surface area contributed by atoms with Crippen molar-refractivity contribution in [2.24, 2.45) is 0 Å². The predicted octanol–water partition coefficient (Wildman–Crippen LogP) is 4.56. The molecule has 1 amide bonds. The number of carbonyl (C=O) groups excluding carboxylic acids is 1. The zero-order chi connectivity index (χ0) is 19.7. The van der Waals surface area contributed by atoms with Crippen LogP contribution in [0.3, 0.4) is 0 Å². The van der Waals surface area contributed by atoms with Crippen LogP contribution in [0.15, 0.2) is 42.6 Å². The Kier molecular flexibility index (Phi) is 4.96. The number of aromatic nitrogens is 2. The first kappa shape index (κ1) is 18.4. The molecule has 0 saturated carbocycles. The summed E-state index contributed by atoms with van der Waals surface area (Å²) in [6.45, 7) is 5.01. The van der Waals surface area contributed by atoms with Gasteiger partial charge in [0.25, 0.3) is 5.91 Å². The van der Waals surface area contributed by atoms with Crippen LogP contribution in [0.1, 0.15) is 28.0 Å². The molecule has 1 N–H and O–H groups in total. The molecular weight excluding hydrogens is 378 g/mol. The van der Waals surface area contributed by atoms with Crippen LogP contribution in [0.5, 0.6) is 11.5 Å². The Morgan fingerprint density at radius 2 is 1.86 bits per heavy atom. The molecule has 0 fully saturated rings. The first-order valence-corrected chi connectivity index (χ1v) is 9.43. The fraction of sp³-hybridized carbons (Fsp3) is 0.238. The van der Waals surface area contributed by atoms with Crippen molar-refractivity contribution in [2.75, 3.05) is 18.5 Å². The lowest BCUT2D eigenvalue weighted by Crippen LogP contribution is -2.14. The second kappa shape index (κ2) is 7.56. The molecule has 28 heavy (non-hydrogen) atoms. The summed E-state index contributed by atoms with van der Waals surface area (Å²) in [7, 11) is 0. The van der Waals surface area contributed by atoms with Gasteiger partial charge in [0, 0.05) is 18.6 Å². The topological polar surface area (TPSA) is 65.4 Å². The van der Waals surface area contributed by atoms with Gasteiger partial charge >= 0.3 is 0 Å². The molecule has 6 nitrogen and oxygen atoms in total. The second-order valence-electron chi connectivity index (χ2n) is 6.63. The minimum Gasteiger partial charge on any atom is -0.490 e. The SMILES string of the molecule is Cc1ccccc1-n1ncc(C(=O)Nc2cc3c(cc2Cl)OCCCO3)c1C.